The average Bonchev–Trinajstić information content (AvgIpc) is 2.84. The molecule has 0 saturated heterocycles. The molecule has 0 heterocycles. The zero-order valence-electron chi connectivity index (χ0n) is 22.5. The van der Waals surface area contributed by atoms with Gasteiger partial charge in [-0.15, -0.1) is 0 Å². The number of carbonyl (C=O) groups excluding carboxylic acids is 2. The van der Waals surface area contributed by atoms with E-state index in [9.17, 15) is 14.7 Å². The number of hydrogen-bond acceptors (Lipinski definition) is 4. The Balaban J connectivity index is 1.60. The van der Waals surface area contributed by atoms with Crippen molar-refractivity contribution < 1.29 is 19.4 Å². The van der Waals surface area contributed by atoms with Gasteiger partial charge in [0.2, 0.25) is 0 Å². The standard InChI is InChI=1S/C31H44O4/c1-7-31(6,21(2)32)25-19-29(4)15-13-28(3)14-16-30(5,18-24(28)23(29)17-26(25)33)27(34)35-20-22-11-9-8-10-12-22/h8-12,17,21,24-25,32H,7,13-16,18-20H2,1-6H3/t21?,24-,25+,28-,29-,30-,31-/m0/s1. The highest BCUT2D eigenvalue weighted by Gasteiger charge is 2.58. The van der Waals surface area contributed by atoms with Gasteiger partial charge >= 0.3 is 5.97 Å². The first-order valence-electron chi connectivity index (χ1n) is 13.5. The molecule has 7 atom stereocenters. The summed E-state index contributed by atoms with van der Waals surface area (Å²) in [4.78, 5) is 26.9. The van der Waals surface area contributed by atoms with Crippen molar-refractivity contribution in [2.45, 2.75) is 99.2 Å². The first-order chi connectivity index (χ1) is 16.4. The molecular weight excluding hydrogens is 436 g/mol. The number of rotatable bonds is 6. The van der Waals surface area contributed by atoms with E-state index >= 15 is 0 Å². The molecule has 2 fully saturated rings. The molecule has 0 radical (unpaired) electrons. The first kappa shape index (κ1) is 26.1. The van der Waals surface area contributed by atoms with Gasteiger partial charge in [-0.05, 0) is 87.2 Å². The lowest BCUT2D eigenvalue weighted by atomic mass is 9.45. The number of carbonyl (C=O) groups is 2. The van der Waals surface area contributed by atoms with E-state index < -0.39 is 16.9 Å². The number of ketones is 1. The number of esters is 1. The van der Waals surface area contributed by atoms with Crippen LogP contribution in [0.1, 0.15) is 92.1 Å². The van der Waals surface area contributed by atoms with Crippen LogP contribution in [0.3, 0.4) is 0 Å². The van der Waals surface area contributed by atoms with Gasteiger partial charge in [-0.1, -0.05) is 63.6 Å². The van der Waals surface area contributed by atoms with Crippen molar-refractivity contribution in [1.29, 1.82) is 0 Å². The SMILES string of the molecule is CC[C@@](C)(C(C)O)[C@@H]1C[C@]2(C)CC[C@@]3(C)CC[C@](C)(C(=O)OCc4ccccc4)C[C@H]3C2=CC1=O. The van der Waals surface area contributed by atoms with Gasteiger partial charge in [-0.3, -0.25) is 9.59 Å². The lowest BCUT2D eigenvalue weighted by Gasteiger charge is -2.59. The van der Waals surface area contributed by atoms with Crippen LogP contribution >= 0.6 is 0 Å². The van der Waals surface area contributed by atoms with E-state index in [1.165, 1.54) is 5.57 Å². The maximum absolute atomic E-state index is 13.6. The fraction of sp³-hybridized carbons (Fsp3) is 0.677. The minimum absolute atomic E-state index is 0.0692. The zero-order valence-corrected chi connectivity index (χ0v) is 22.5. The largest absolute Gasteiger partial charge is 0.460 e. The second-order valence-electron chi connectivity index (χ2n) is 12.9. The summed E-state index contributed by atoms with van der Waals surface area (Å²) in [6, 6.07) is 9.84. The Bertz CT molecular complexity index is 996. The van der Waals surface area contributed by atoms with E-state index in [-0.39, 0.29) is 34.4 Å². The highest BCUT2D eigenvalue weighted by atomic mass is 16.5. The lowest BCUT2D eigenvalue weighted by molar-refractivity contribution is -0.162. The molecule has 192 valence electrons. The second kappa shape index (κ2) is 9.18. The van der Waals surface area contributed by atoms with Crippen molar-refractivity contribution in [3.8, 4) is 0 Å². The summed E-state index contributed by atoms with van der Waals surface area (Å²) in [5.74, 6) is 0.0693. The van der Waals surface area contributed by atoms with Crippen LogP contribution in [0.4, 0.5) is 0 Å². The van der Waals surface area contributed by atoms with Crippen molar-refractivity contribution in [2.75, 3.05) is 0 Å². The molecule has 1 N–H and O–H groups in total. The van der Waals surface area contributed by atoms with Crippen LogP contribution in [0.25, 0.3) is 0 Å². The molecule has 3 aliphatic rings. The third kappa shape index (κ3) is 4.52. The predicted molar refractivity (Wildman–Crippen MR) is 138 cm³/mol. The van der Waals surface area contributed by atoms with Crippen LogP contribution in [0.5, 0.6) is 0 Å². The number of aliphatic hydroxyl groups is 1. The zero-order chi connectivity index (χ0) is 25.6. The van der Waals surface area contributed by atoms with Crippen molar-refractivity contribution >= 4 is 11.8 Å². The van der Waals surface area contributed by atoms with Gasteiger partial charge < -0.3 is 9.84 Å². The van der Waals surface area contributed by atoms with E-state index in [1.807, 2.05) is 43.3 Å². The number of aliphatic hydroxyl groups excluding tert-OH is 1. The van der Waals surface area contributed by atoms with Crippen LogP contribution in [0.2, 0.25) is 0 Å². The summed E-state index contributed by atoms with van der Waals surface area (Å²) in [5.41, 5.74) is 1.31. The molecule has 4 heteroatoms. The van der Waals surface area contributed by atoms with Crippen LogP contribution in [-0.2, 0) is 20.9 Å². The summed E-state index contributed by atoms with van der Waals surface area (Å²) in [5, 5.41) is 10.6. The molecule has 4 rings (SSSR count). The predicted octanol–water partition coefficient (Wildman–Crippen LogP) is 6.66. The Hall–Kier alpha value is -1.94. The van der Waals surface area contributed by atoms with E-state index in [0.29, 0.717) is 6.61 Å². The van der Waals surface area contributed by atoms with Gasteiger partial charge in [0, 0.05) is 11.3 Å². The summed E-state index contributed by atoms with van der Waals surface area (Å²) >= 11 is 0. The van der Waals surface area contributed by atoms with Gasteiger partial charge in [0.25, 0.3) is 0 Å². The van der Waals surface area contributed by atoms with Gasteiger partial charge in [-0.2, -0.15) is 0 Å². The fourth-order valence-corrected chi connectivity index (χ4v) is 7.22. The Kier molecular flexibility index (Phi) is 6.85. The van der Waals surface area contributed by atoms with E-state index in [1.54, 1.807) is 0 Å². The van der Waals surface area contributed by atoms with E-state index in [0.717, 1.165) is 50.5 Å². The molecule has 1 unspecified atom stereocenters. The Morgan fingerprint density at radius 1 is 1.11 bits per heavy atom. The van der Waals surface area contributed by atoms with Gasteiger partial charge in [0.05, 0.1) is 11.5 Å². The third-order valence-corrected chi connectivity index (χ3v) is 10.6. The molecule has 2 saturated carbocycles. The molecule has 1 aromatic carbocycles. The van der Waals surface area contributed by atoms with Crippen LogP contribution in [0, 0.1) is 33.5 Å². The molecule has 4 nitrogen and oxygen atoms in total. The van der Waals surface area contributed by atoms with Crippen LogP contribution in [0.15, 0.2) is 42.0 Å². The second-order valence-corrected chi connectivity index (χ2v) is 12.9. The van der Waals surface area contributed by atoms with Crippen LogP contribution < -0.4 is 0 Å². The number of fused-ring (bicyclic) bond motifs is 3. The Morgan fingerprint density at radius 2 is 1.77 bits per heavy atom. The lowest BCUT2D eigenvalue weighted by Crippen LogP contribution is -2.53. The maximum atomic E-state index is 13.6. The van der Waals surface area contributed by atoms with Crippen molar-refractivity contribution in [2.24, 2.45) is 33.5 Å². The molecule has 1 aromatic rings. The van der Waals surface area contributed by atoms with Crippen molar-refractivity contribution in [1.82, 2.24) is 0 Å². The molecule has 35 heavy (non-hydrogen) atoms. The average molecular weight is 481 g/mol. The number of hydrogen-bond donors (Lipinski definition) is 1. The number of allylic oxidation sites excluding steroid dienone is 2. The minimum atomic E-state index is -0.546. The molecule has 0 aromatic heterocycles. The highest BCUT2D eigenvalue weighted by Crippen LogP contribution is 2.64. The van der Waals surface area contributed by atoms with Crippen molar-refractivity contribution in [3.63, 3.8) is 0 Å². The highest BCUT2D eigenvalue weighted by molar-refractivity contribution is 5.94. The minimum Gasteiger partial charge on any atom is -0.460 e. The Morgan fingerprint density at radius 3 is 2.40 bits per heavy atom. The summed E-state index contributed by atoms with van der Waals surface area (Å²) in [7, 11) is 0. The van der Waals surface area contributed by atoms with E-state index in [4.69, 9.17) is 4.74 Å². The number of benzene rings is 1. The summed E-state index contributed by atoms with van der Waals surface area (Å²) in [6.07, 6.45) is 7.66. The fourth-order valence-electron chi connectivity index (χ4n) is 7.22. The third-order valence-electron chi connectivity index (χ3n) is 10.6. The van der Waals surface area contributed by atoms with Gasteiger partial charge in [-0.25, -0.2) is 0 Å². The van der Waals surface area contributed by atoms with E-state index in [2.05, 4.69) is 34.6 Å². The molecule has 3 aliphatic carbocycles. The molecule has 0 amide bonds. The Labute approximate surface area is 211 Å². The first-order valence-corrected chi connectivity index (χ1v) is 13.5. The number of ether oxygens (including phenoxy) is 1. The summed E-state index contributed by atoms with van der Waals surface area (Å²) in [6.45, 7) is 13.0. The van der Waals surface area contributed by atoms with Crippen molar-refractivity contribution in [3.05, 3.63) is 47.5 Å². The monoisotopic (exact) mass is 480 g/mol. The topological polar surface area (TPSA) is 63.6 Å². The maximum Gasteiger partial charge on any atom is 0.312 e. The smallest absolute Gasteiger partial charge is 0.312 e. The molecule has 0 spiro atoms. The van der Waals surface area contributed by atoms with Crippen LogP contribution in [-0.4, -0.2) is 23.0 Å². The summed E-state index contributed by atoms with van der Waals surface area (Å²) < 4.78 is 5.82. The quantitative estimate of drug-likeness (QED) is 0.463. The molecular formula is C31H44O4. The molecule has 0 bridgehead atoms. The van der Waals surface area contributed by atoms with Gasteiger partial charge in [0.1, 0.15) is 6.61 Å². The molecule has 0 aliphatic heterocycles. The normalized spacial score (nSPS) is 37.3. The van der Waals surface area contributed by atoms with Gasteiger partial charge in [0.15, 0.2) is 5.78 Å².